The van der Waals surface area contributed by atoms with Crippen molar-refractivity contribution in [2.75, 3.05) is 0 Å². The van der Waals surface area contributed by atoms with Crippen molar-refractivity contribution in [1.29, 1.82) is 0 Å². The molecule has 0 saturated carbocycles. The Kier molecular flexibility index (Phi) is 4.41. The van der Waals surface area contributed by atoms with Gasteiger partial charge in [-0.05, 0) is 29.8 Å². The van der Waals surface area contributed by atoms with E-state index in [0.717, 1.165) is 15.7 Å². The van der Waals surface area contributed by atoms with Gasteiger partial charge >= 0.3 is 0 Å². The SMILES string of the molecule is O=C1C[C@H](c2ccccc2)SC(=Nc2ccc(Br)cc2)N1. The standard InChI is InChI=1S/C16H13BrN2OS/c17-12-6-8-13(9-7-12)18-16-19-15(20)10-14(21-16)11-4-2-1-3-5-11/h1-9,14H,10H2,(H,18,19,20)/t14-/m1/s1. The number of amides is 1. The van der Waals surface area contributed by atoms with E-state index in [1.165, 1.54) is 0 Å². The first-order chi connectivity index (χ1) is 10.2. The predicted octanol–water partition coefficient (Wildman–Crippen LogP) is 4.43. The highest BCUT2D eigenvalue weighted by Crippen LogP contribution is 2.36. The second-order valence-electron chi connectivity index (χ2n) is 4.66. The van der Waals surface area contributed by atoms with Crippen LogP contribution in [0.15, 0.2) is 64.1 Å². The van der Waals surface area contributed by atoms with Crippen LogP contribution < -0.4 is 5.32 Å². The van der Waals surface area contributed by atoms with Gasteiger partial charge in [0.25, 0.3) is 0 Å². The lowest BCUT2D eigenvalue weighted by molar-refractivity contribution is -0.119. The lowest BCUT2D eigenvalue weighted by Gasteiger charge is -2.23. The second-order valence-corrected chi connectivity index (χ2v) is 6.77. The average Bonchev–Trinajstić information content (AvgIpc) is 2.50. The van der Waals surface area contributed by atoms with E-state index in [2.05, 4.69) is 26.2 Å². The van der Waals surface area contributed by atoms with Gasteiger partial charge in [-0.2, -0.15) is 0 Å². The number of nitrogens with one attached hydrogen (secondary N) is 1. The molecule has 1 N–H and O–H groups in total. The summed E-state index contributed by atoms with van der Waals surface area (Å²) in [6.45, 7) is 0. The number of carbonyl (C=O) groups is 1. The molecule has 0 spiro atoms. The fraction of sp³-hybridized carbons (Fsp3) is 0.125. The molecular formula is C16H13BrN2OS. The normalized spacial score (nSPS) is 20.3. The first-order valence-electron chi connectivity index (χ1n) is 6.56. The van der Waals surface area contributed by atoms with Gasteiger partial charge in [-0.1, -0.05) is 58.0 Å². The molecular weight excluding hydrogens is 348 g/mol. The molecule has 1 heterocycles. The number of rotatable bonds is 2. The third kappa shape index (κ3) is 3.74. The summed E-state index contributed by atoms with van der Waals surface area (Å²) in [6, 6.07) is 17.8. The van der Waals surface area contributed by atoms with Crippen molar-refractivity contribution in [1.82, 2.24) is 5.32 Å². The van der Waals surface area contributed by atoms with Gasteiger partial charge in [0.05, 0.1) is 5.69 Å². The minimum absolute atomic E-state index is 0.0125. The van der Waals surface area contributed by atoms with Crippen molar-refractivity contribution in [2.45, 2.75) is 11.7 Å². The maximum Gasteiger partial charge on any atom is 0.227 e. The number of benzene rings is 2. The van der Waals surface area contributed by atoms with Gasteiger partial charge < -0.3 is 5.32 Å². The molecule has 21 heavy (non-hydrogen) atoms. The largest absolute Gasteiger partial charge is 0.305 e. The van der Waals surface area contributed by atoms with Crippen molar-refractivity contribution >= 4 is 44.5 Å². The Labute approximate surface area is 136 Å². The number of nitrogens with zero attached hydrogens (tertiary/aromatic N) is 1. The first kappa shape index (κ1) is 14.4. The van der Waals surface area contributed by atoms with Crippen LogP contribution in [0.3, 0.4) is 0 Å². The predicted molar refractivity (Wildman–Crippen MR) is 90.8 cm³/mol. The summed E-state index contributed by atoms with van der Waals surface area (Å²) >= 11 is 4.99. The summed E-state index contributed by atoms with van der Waals surface area (Å²) in [6.07, 6.45) is 0.480. The summed E-state index contributed by atoms with van der Waals surface area (Å²) in [5, 5.41) is 3.62. The van der Waals surface area contributed by atoms with E-state index < -0.39 is 0 Å². The maximum atomic E-state index is 11.9. The Morgan fingerprint density at radius 3 is 2.52 bits per heavy atom. The monoisotopic (exact) mass is 360 g/mol. The Morgan fingerprint density at radius 2 is 1.81 bits per heavy atom. The molecule has 1 saturated heterocycles. The number of thioether (sulfide) groups is 1. The van der Waals surface area contributed by atoms with Crippen LogP contribution in [0.1, 0.15) is 17.2 Å². The van der Waals surface area contributed by atoms with Crippen LogP contribution in [0, 0.1) is 0 Å². The Morgan fingerprint density at radius 1 is 1.10 bits per heavy atom. The number of hydrogen-bond donors (Lipinski definition) is 1. The number of carbonyl (C=O) groups excluding carboxylic acids is 1. The molecule has 0 aliphatic carbocycles. The molecule has 3 rings (SSSR count). The lowest BCUT2D eigenvalue weighted by atomic mass is 10.1. The zero-order chi connectivity index (χ0) is 14.7. The first-order valence-corrected chi connectivity index (χ1v) is 8.24. The Hall–Kier alpha value is -1.59. The van der Waals surface area contributed by atoms with Crippen LogP contribution in [0.2, 0.25) is 0 Å². The van der Waals surface area contributed by atoms with Crippen molar-refractivity contribution in [2.24, 2.45) is 4.99 Å². The quantitative estimate of drug-likeness (QED) is 0.860. The molecule has 5 heteroatoms. The van der Waals surface area contributed by atoms with Crippen LogP contribution in [0.4, 0.5) is 5.69 Å². The van der Waals surface area contributed by atoms with Crippen LogP contribution in [0.25, 0.3) is 0 Å². The number of aliphatic imine (C=N–C) groups is 1. The van der Waals surface area contributed by atoms with Crippen molar-refractivity contribution in [3.63, 3.8) is 0 Å². The lowest BCUT2D eigenvalue weighted by Crippen LogP contribution is -2.34. The van der Waals surface area contributed by atoms with E-state index in [1.54, 1.807) is 11.8 Å². The maximum absolute atomic E-state index is 11.9. The molecule has 1 aliphatic heterocycles. The molecule has 1 amide bonds. The molecule has 2 aromatic rings. The smallest absolute Gasteiger partial charge is 0.227 e. The van der Waals surface area contributed by atoms with Crippen molar-refractivity contribution < 1.29 is 4.79 Å². The minimum Gasteiger partial charge on any atom is -0.305 e. The number of hydrogen-bond acceptors (Lipinski definition) is 3. The zero-order valence-corrected chi connectivity index (χ0v) is 13.5. The third-order valence-corrected chi connectivity index (χ3v) is 4.77. The van der Waals surface area contributed by atoms with Gasteiger partial charge in [0.1, 0.15) is 0 Å². The van der Waals surface area contributed by atoms with Gasteiger partial charge in [0.2, 0.25) is 5.91 Å². The fourth-order valence-electron chi connectivity index (χ4n) is 2.09. The average molecular weight is 361 g/mol. The van der Waals surface area contributed by atoms with Crippen molar-refractivity contribution in [3.8, 4) is 0 Å². The molecule has 0 aromatic heterocycles. The van der Waals surface area contributed by atoms with Gasteiger partial charge in [-0.3, -0.25) is 4.79 Å². The molecule has 106 valence electrons. The minimum atomic E-state index is 0.0125. The summed E-state index contributed by atoms with van der Waals surface area (Å²) < 4.78 is 1.01. The zero-order valence-electron chi connectivity index (χ0n) is 11.1. The second kappa shape index (κ2) is 6.45. The van der Waals surface area contributed by atoms with Crippen LogP contribution in [0.5, 0.6) is 0 Å². The molecule has 0 bridgehead atoms. The highest BCUT2D eigenvalue weighted by Gasteiger charge is 2.25. The summed E-state index contributed by atoms with van der Waals surface area (Å²) in [5.41, 5.74) is 1.98. The summed E-state index contributed by atoms with van der Waals surface area (Å²) in [4.78, 5) is 16.4. The molecule has 2 aromatic carbocycles. The van der Waals surface area contributed by atoms with E-state index in [0.29, 0.717) is 11.6 Å². The topological polar surface area (TPSA) is 41.5 Å². The molecule has 1 atom stereocenters. The molecule has 3 nitrogen and oxygen atoms in total. The van der Waals surface area contributed by atoms with Crippen LogP contribution >= 0.6 is 27.7 Å². The van der Waals surface area contributed by atoms with E-state index >= 15 is 0 Å². The Bertz CT molecular complexity index is 670. The third-order valence-electron chi connectivity index (χ3n) is 3.10. The number of halogens is 1. The van der Waals surface area contributed by atoms with Crippen molar-refractivity contribution in [3.05, 3.63) is 64.6 Å². The molecule has 1 aliphatic rings. The summed E-state index contributed by atoms with van der Waals surface area (Å²) in [5.74, 6) is 0.0125. The van der Waals surface area contributed by atoms with Gasteiger partial charge in [-0.25, -0.2) is 4.99 Å². The van der Waals surface area contributed by atoms with E-state index in [1.807, 2.05) is 54.6 Å². The number of amidine groups is 1. The molecule has 0 unspecified atom stereocenters. The van der Waals surface area contributed by atoms with Gasteiger partial charge in [0, 0.05) is 16.1 Å². The Balaban J connectivity index is 1.83. The van der Waals surface area contributed by atoms with E-state index in [4.69, 9.17) is 0 Å². The highest BCUT2D eigenvalue weighted by molar-refractivity contribution is 9.10. The van der Waals surface area contributed by atoms with Gasteiger partial charge in [0.15, 0.2) is 5.17 Å². The van der Waals surface area contributed by atoms with Crippen LogP contribution in [-0.4, -0.2) is 11.1 Å². The summed E-state index contributed by atoms with van der Waals surface area (Å²) in [7, 11) is 0. The van der Waals surface area contributed by atoms with Crippen LogP contribution in [-0.2, 0) is 4.79 Å². The molecule has 1 fully saturated rings. The molecule has 0 radical (unpaired) electrons. The van der Waals surface area contributed by atoms with E-state index in [9.17, 15) is 4.79 Å². The van der Waals surface area contributed by atoms with Gasteiger partial charge in [-0.15, -0.1) is 0 Å². The fourth-order valence-corrected chi connectivity index (χ4v) is 3.48. The van der Waals surface area contributed by atoms with E-state index in [-0.39, 0.29) is 11.2 Å². The highest BCUT2D eigenvalue weighted by atomic mass is 79.9.